The van der Waals surface area contributed by atoms with Gasteiger partial charge in [-0.25, -0.2) is 8.78 Å². The summed E-state index contributed by atoms with van der Waals surface area (Å²) in [5.41, 5.74) is -0.414. The molecule has 1 aromatic rings. The van der Waals surface area contributed by atoms with Crippen molar-refractivity contribution in [1.82, 2.24) is 0 Å². The fourth-order valence-electron chi connectivity index (χ4n) is 1.56. The average Bonchev–Trinajstić information content (AvgIpc) is 2.96. The van der Waals surface area contributed by atoms with E-state index in [1.54, 1.807) is 0 Å². The summed E-state index contributed by atoms with van der Waals surface area (Å²) in [7, 11) is 0. The molecule has 1 aromatic carbocycles. The minimum atomic E-state index is -1.07. The van der Waals surface area contributed by atoms with Gasteiger partial charge in [0.25, 0.3) is 5.69 Å². The summed E-state index contributed by atoms with van der Waals surface area (Å²) in [6.45, 7) is 0. The van der Waals surface area contributed by atoms with Crippen molar-refractivity contribution in [3.05, 3.63) is 39.4 Å². The van der Waals surface area contributed by atoms with E-state index in [1.807, 2.05) is 0 Å². The number of nitro groups is 1. The number of hydrogen-bond donors (Lipinski definition) is 0. The van der Waals surface area contributed by atoms with Crippen molar-refractivity contribution in [3.8, 4) is 0 Å². The first kappa shape index (κ1) is 10.0. The number of rotatable bonds is 3. The smallest absolute Gasteiger partial charge is 0.258 e. The molecule has 0 N–H and O–H groups in total. The van der Waals surface area contributed by atoms with Crippen molar-refractivity contribution < 1.29 is 13.7 Å². The highest BCUT2D eigenvalue weighted by atomic mass is 19.2. The third-order valence-electron chi connectivity index (χ3n) is 2.56. The van der Waals surface area contributed by atoms with Crippen LogP contribution in [-0.2, 0) is 6.42 Å². The van der Waals surface area contributed by atoms with Crippen molar-refractivity contribution in [1.29, 1.82) is 0 Å². The molecule has 0 unspecified atom stereocenters. The fourth-order valence-corrected chi connectivity index (χ4v) is 1.56. The number of nitrogens with zero attached hydrogens (tertiary/aromatic N) is 1. The minimum absolute atomic E-state index is 0.0949. The average molecular weight is 213 g/mol. The summed E-state index contributed by atoms with van der Waals surface area (Å²) in [6.07, 6.45) is 2.14. The van der Waals surface area contributed by atoms with Crippen LogP contribution in [0.25, 0.3) is 0 Å². The van der Waals surface area contributed by atoms with Crippen LogP contribution in [0.4, 0.5) is 14.5 Å². The maximum atomic E-state index is 13.3. The first-order valence-corrected chi connectivity index (χ1v) is 4.71. The maximum Gasteiger partial charge on any atom is 0.275 e. The van der Waals surface area contributed by atoms with Gasteiger partial charge in [-0.15, -0.1) is 0 Å². The Labute approximate surface area is 84.9 Å². The van der Waals surface area contributed by atoms with E-state index in [4.69, 9.17) is 0 Å². The normalized spacial score (nSPS) is 15.3. The fraction of sp³-hybridized carbons (Fsp3) is 0.400. The number of nitro benzene ring substituents is 1. The molecule has 0 saturated heterocycles. The molecule has 0 atom stereocenters. The van der Waals surface area contributed by atoms with Gasteiger partial charge in [-0.05, 0) is 31.2 Å². The molecule has 80 valence electrons. The molecule has 0 radical (unpaired) electrons. The van der Waals surface area contributed by atoms with Gasteiger partial charge in [0.2, 0.25) is 0 Å². The molecule has 1 aliphatic rings. The van der Waals surface area contributed by atoms with E-state index in [2.05, 4.69) is 0 Å². The van der Waals surface area contributed by atoms with Crippen LogP contribution in [-0.4, -0.2) is 4.92 Å². The van der Waals surface area contributed by atoms with Crippen LogP contribution >= 0.6 is 0 Å². The molecule has 15 heavy (non-hydrogen) atoms. The molecule has 0 aromatic heterocycles. The molecule has 0 heterocycles. The SMILES string of the molecule is O=[N+]([O-])c1ccc(F)c(F)c1CC1CC1. The Morgan fingerprint density at radius 2 is 2.07 bits per heavy atom. The quantitative estimate of drug-likeness (QED) is 0.572. The molecule has 2 rings (SSSR count). The van der Waals surface area contributed by atoms with Crippen LogP contribution in [0.5, 0.6) is 0 Å². The van der Waals surface area contributed by atoms with Gasteiger partial charge in [0.15, 0.2) is 11.6 Å². The third-order valence-corrected chi connectivity index (χ3v) is 2.56. The van der Waals surface area contributed by atoms with Crippen LogP contribution in [0, 0.1) is 27.7 Å². The molecule has 0 bridgehead atoms. The first-order valence-electron chi connectivity index (χ1n) is 4.71. The van der Waals surface area contributed by atoms with E-state index in [9.17, 15) is 18.9 Å². The third kappa shape index (κ3) is 1.95. The van der Waals surface area contributed by atoms with E-state index in [1.165, 1.54) is 0 Å². The Balaban J connectivity index is 2.44. The van der Waals surface area contributed by atoms with Gasteiger partial charge in [0.05, 0.1) is 10.5 Å². The molecule has 0 spiro atoms. The highest BCUT2D eigenvalue weighted by molar-refractivity contribution is 5.42. The van der Waals surface area contributed by atoms with Gasteiger partial charge >= 0.3 is 0 Å². The standard InChI is InChI=1S/C10H9F2NO2/c11-8-3-4-9(13(14)15)7(10(8)12)5-6-1-2-6/h3-4,6H,1-2,5H2. The van der Waals surface area contributed by atoms with E-state index in [0.29, 0.717) is 0 Å². The van der Waals surface area contributed by atoms with Crippen LogP contribution < -0.4 is 0 Å². The molecule has 3 nitrogen and oxygen atoms in total. The summed E-state index contributed by atoms with van der Waals surface area (Å²) < 4.78 is 26.2. The zero-order valence-electron chi connectivity index (χ0n) is 7.87. The lowest BCUT2D eigenvalue weighted by molar-refractivity contribution is -0.385. The Kier molecular flexibility index (Phi) is 2.38. The molecule has 5 heteroatoms. The lowest BCUT2D eigenvalue weighted by Crippen LogP contribution is -2.02. The van der Waals surface area contributed by atoms with Crippen LogP contribution in [0.1, 0.15) is 18.4 Å². The summed E-state index contributed by atoms with van der Waals surface area (Å²) in [4.78, 5) is 9.94. The van der Waals surface area contributed by atoms with Gasteiger partial charge in [-0.3, -0.25) is 10.1 Å². The zero-order chi connectivity index (χ0) is 11.0. The van der Waals surface area contributed by atoms with E-state index in [0.717, 1.165) is 25.0 Å². The van der Waals surface area contributed by atoms with Gasteiger partial charge in [0, 0.05) is 6.07 Å². The lowest BCUT2D eigenvalue weighted by Gasteiger charge is -2.03. The van der Waals surface area contributed by atoms with Crippen molar-refractivity contribution in [2.24, 2.45) is 5.92 Å². The summed E-state index contributed by atoms with van der Waals surface area (Å²) in [5, 5.41) is 10.6. The lowest BCUT2D eigenvalue weighted by atomic mass is 10.1. The summed E-state index contributed by atoms with van der Waals surface area (Å²) >= 11 is 0. The highest BCUT2D eigenvalue weighted by Crippen LogP contribution is 2.36. The molecular weight excluding hydrogens is 204 g/mol. The van der Waals surface area contributed by atoms with E-state index in [-0.39, 0.29) is 23.6 Å². The number of benzene rings is 1. The van der Waals surface area contributed by atoms with Crippen LogP contribution in [0.3, 0.4) is 0 Å². The van der Waals surface area contributed by atoms with Gasteiger partial charge < -0.3 is 0 Å². The Hall–Kier alpha value is -1.52. The highest BCUT2D eigenvalue weighted by Gasteiger charge is 2.29. The molecule has 0 aliphatic heterocycles. The van der Waals surface area contributed by atoms with Crippen molar-refractivity contribution in [2.45, 2.75) is 19.3 Å². The zero-order valence-corrected chi connectivity index (χ0v) is 7.87. The molecule has 1 aliphatic carbocycles. The molecule has 1 fully saturated rings. The van der Waals surface area contributed by atoms with Crippen molar-refractivity contribution in [3.63, 3.8) is 0 Å². The van der Waals surface area contributed by atoms with Crippen LogP contribution in [0.2, 0.25) is 0 Å². The molecular formula is C10H9F2NO2. The van der Waals surface area contributed by atoms with E-state index >= 15 is 0 Å². The second-order valence-corrected chi connectivity index (χ2v) is 3.76. The molecule has 1 saturated carbocycles. The largest absolute Gasteiger partial charge is 0.275 e. The second-order valence-electron chi connectivity index (χ2n) is 3.76. The predicted molar refractivity (Wildman–Crippen MR) is 49.4 cm³/mol. The monoisotopic (exact) mass is 213 g/mol. The Morgan fingerprint density at radius 3 is 2.60 bits per heavy atom. The summed E-state index contributed by atoms with van der Waals surface area (Å²) in [5.74, 6) is -1.81. The van der Waals surface area contributed by atoms with Gasteiger partial charge in [0.1, 0.15) is 0 Å². The summed E-state index contributed by atoms with van der Waals surface area (Å²) in [6, 6.07) is 1.82. The van der Waals surface area contributed by atoms with Crippen molar-refractivity contribution >= 4 is 5.69 Å². The number of halogens is 2. The Morgan fingerprint density at radius 1 is 1.40 bits per heavy atom. The first-order chi connectivity index (χ1) is 7.09. The Bertz CT molecular complexity index is 416. The minimum Gasteiger partial charge on any atom is -0.258 e. The molecule has 0 amide bonds. The topological polar surface area (TPSA) is 43.1 Å². The maximum absolute atomic E-state index is 13.3. The van der Waals surface area contributed by atoms with Gasteiger partial charge in [-0.2, -0.15) is 0 Å². The number of hydrogen-bond acceptors (Lipinski definition) is 2. The van der Waals surface area contributed by atoms with Crippen molar-refractivity contribution in [2.75, 3.05) is 0 Å². The predicted octanol–water partition coefficient (Wildman–Crippen LogP) is 2.83. The van der Waals surface area contributed by atoms with E-state index < -0.39 is 16.6 Å². The second kappa shape index (κ2) is 3.56. The van der Waals surface area contributed by atoms with Gasteiger partial charge in [-0.1, -0.05) is 0 Å². The van der Waals surface area contributed by atoms with Crippen LogP contribution in [0.15, 0.2) is 12.1 Å².